The maximum absolute atomic E-state index is 11.8. The fourth-order valence-electron chi connectivity index (χ4n) is 2.73. The van der Waals surface area contributed by atoms with Gasteiger partial charge in [0.25, 0.3) is 0 Å². The van der Waals surface area contributed by atoms with Crippen molar-refractivity contribution in [3.63, 3.8) is 0 Å². The molecule has 0 saturated heterocycles. The molecule has 1 heterocycles. The van der Waals surface area contributed by atoms with E-state index in [0.29, 0.717) is 17.4 Å². The molecule has 27 heavy (non-hydrogen) atoms. The van der Waals surface area contributed by atoms with Gasteiger partial charge in [0.1, 0.15) is 5.52 Å². The van der Waals surface area contributed by atoms with Crippen molar-refractivity contribution in [3.05, 3.63) is 47.5 Å². The molecular formula is C21H23N3O2S. The minimum atomic E-state index is -0.0718. The third kappa shape index (κ3) is 4.71. The van der Waals surface area contributed by atoms with E-state index in [1.807, 2.05) is 57.2 Å². The van der Waals surface area contributed by atoms with Crippen LogP contribution < -0.4 is 10.6 Å². The van der Waals surface area contributed by atoms with Gasteiger partial charge in [0.05, 0.1) is 0 Å². The van der Waals surface area contributed by atoms with Gasteiger partial charge in [-0.25, -0.2) is 4.98 Å². The number of nitrogens with one attached hydrogen (secondary N) is 2. The Bertz CT molecular complexity index is 994. The van der Waals surface area contributed by atoms with Gasteiger partial charge in [-0.15, -0.1) is 0 Å². The number of anilines is 1. The van der Waals surface area contributed by atoms with Crippen molar-refractivity contribution in [2.24, 2.45) is 0 Å². The molecule has 0 radical (unpaired) electrons. The lowest BCUT2D eigenvalue weighted by Crippen LogP contribution is -2.34. The first-order chi connectivity index (χ1) is 13.0. The van der Waals surface area contributed by atoms with Crippen LogP contribution in [0.1, 0.15) is 37.3 Å². The molecule has 2 N–H and O–H groups in total. The molecule has 1 aromatic heterocycles. The minimum absolute atomic E-state index is 0.0718. The Balaban J connectivity index is 1.79. The second-order valence-corrected chi connectivity index (χ2v) is 7.03. The van der Waals surface area contributed by atoms with Gasteiger partial charge in [-0.2, -0.15) is 0 Å². The minimum Gasteiger partial charge on any atom is -0.436 e. The number of carbonyl (C=O) groups excluding carboxylic acids is 1. The van der Waals surface area contributed by atoms with E-state index >= 15 is 0 Å². The molecule has 0 fully saturated rings. The third-order valence-corrected chi connectivity index (χ3v) is 4.49. The topological polar surface area (TPSA) is 67.2 Å². The smallest absolute Gasteiger partial charge is 0.227 e. The first-order valence-electron chi connectivity index (χ1n) is 9.05. The molecule has 3 aromatic rings. The molecule has 0 bridgehead atoms. The summed E-state index contributed by atoms with van der Waals surface area (Å²) in [5.74, 6) is 0.481. The van der Waals surface area contributed by atoms with Crippen LogP contribution in [0, 0.1) is 13.8 Å². The zero-order valence-electron chi connectivity index (χ0n) is 15.8. The molecule has 0 aliphatic heterocycles. The first kappa shape index (κ1) is 19.0. The number of carbonyl (C=O) groups is 1. The van der Waals surface area contributed by atoms with Crippen LogP contribution in [0.5, 0.6) is 0 Å². The summed E-state index contributed by atoms with van der Waals surface area (Å²) in [5, 5.41) is 6.12. The first-order valence-corrected chi connectivity index (χ1v) is 9.46. The molecule has 0 saturated carbocycles. The highest BCUT2D eigenvalue weighted by Crippen LogP contribution is 2.28. The Morgan fingerprint density at radius 3 is 2.78 bits per heavy atom. The number of benzene rings is 2. The number of aryl methyl sites for hydroxylation is 2. The second kappa shape index (κ2) is 8.31. The zero-order valence-corrected chi connectivity index (χ0v) is 16.6. The molecule has 6 heteroatoms. The van der Waals surface area contributed by atoms with E-state index in [1.165, 1.54) is 0 Å². The van der Waals surface area contributed by atoms with Crippen molar-refractivity contribution in [1.29, 1.82) is 0 Å². The van der Waals surface area contributed by atoms with E-state index in [4.69, 9.17) is 16.6 Å². The van der Waals surface area contributed by atoms with Crippen LogP contribution in [-0.2, 0) is 4.79 Å². The van der Waals surface area contributed by atoms with E-state index in [2.05, 4.69) is 15.6 Å². The Morgan fingerprint density at radius 2 is 2.00 bits per heavy atom. The lowest BCUT2D eigenvalue weighted by Gasteiger charge is -2.12. The number of rotatable bonds is 5. The number of fused-ring (bicyclic) bond motifs is 1. The number of aromatic nitrogens is 1. The summed E-state index contributed by atoms with van der Waals surface area (Å²) in [6.45, 7) is 6.05. The van der Waals surface area contributed by atoms with Crippen molar-refractivity contribution in [3.8, 4) is 11.5 Å². The van der Waals surface area contributed by atoms with Crippen molar-refractivity contribution < 1.29 is 9.21 Å². The number of thiocarbonyl (C=S) groups is 1. The summed E-state index contributed by atoms with van der Waals surface area (Å²) in [4.78, 5) is 16.4. The van der Waals surface area contributed by atoms with Crippen LogP contribution in [0.25, 0.3) is 22.6 Å². The Morgan fingerprint density at radius 1 is 1.19 bits per heavy atom. The molecule has 0 aliphatic carbocycles. The van der Waals surface area contributed by atoms with Crippen molar-refractivity contribution >= 4 is 40.0 Å². The molecule has 0 spiro atoms. The van der Waals surface area contributed by atoms with Gasteiger partial charge in [-0.3, -0.25) is 4.79 Å². The monoisotopic (exact) mass is 381 g/mol. The van der Waals surface area contributed by atoms with Gasteiger partial charge in [0, 0.05) is 17.7 Å². The van der Waals surface area contributed by atoms with Crippen LogP contribution in [0.15, 0.2) is 40.8 Å². The quantitative estimate of drug-likeness (QED) is 0.601. The molecule has 5 nitrogen and oxygen atoms in total. The van der Waals surface area contributed by atoms with Crippen molar-refractivity contribution in [2.45, 2.75) is 40.0 Å². The predicted molar refractivity (Wildman–Crippen MR) is 113 cm³/mol. The van der Waals surface area contributed by atoms with E-state index in [1.54, 1.807) is 0 Å². The maximum atomic E-state index is 11.8. The molecule has 0 aliphatic rings. The standard InChI is InChI=1S/C21H23N3O2S/c1-4-5-6-19(25)24-21(27)23-16-12-15(9-8-14(16)3)20-22-17-11-13(2)7-10-18(17)26-20/h7-12H,4-6H2,1-3H3,(H2,23,24,25,27). The molecule has 140 valence electrons. The largest absolute Gasteiger partial charge is 0.436 e. The van der Waals surface area contributed by atoms with Crippen molar-refractivity contribution in [1.82, 2.24) is 10.3 Å². The summed E-state index contributed by atoms with van der Waals surface area (Å²) in [5.41, 5.74) is 5.39. The predicted octanol–water partition coefficient (Wildman–Crippen LogP) is 5.11. The Kier molecular flexibility index (Phi) is 5.86. The van der Waals surface area contributed by atoms with Gasteiger partial charge in [-0.05, 0) is 67.9 Å². The van der Waals surface area contributed by atoms with Crippen molar-refractivity contribution in [2.75, 3.05) is 5.32 Å². The molecule has 0 atom stereocenters. The maximum Gasteiger partial charge on any atom is 0.227 e. The lowest BCUT2D eigenvalue weighted by atomic mass is 10.1. The van der Waals surface area contributed by atoms with Gasteiger partial charge in [-0.1, -0.05) is 25.5 Å². The van der Waals surface area contributed by atoms with Crippen LogP contribution in [0.3, 0.4) is 0 Å². The normalized spacial score (nSPS) is 10.8. The third-order valence-electron chi connectivity index (χ3n) is 4.29. The average Bonchev–Trinajstić information content (AvgIpc) is 3.04. The summed E-state index contributed by atoms with van der Waals surface area (Å²) < 4.78 is 5.88. The number of unbranched alkanes of at least 4 members (excludes halogenated alkanes) is 1. The fraction of sp³-hybridized carbons (Fsp3) is 0.286. The van der Waals surface area contributed by atoms with Gasteiger partial charge < -0.3 is 15.1 Å². The molecule has 0 unspecified atom stereocenters. The van der Waals surface area contributed by atoms with E-state index in [0.717, 1.165) is 46.3 Å². The average molecular weight is 382 g/mol. The molecule has 1 amide bonds. The number of hydrogen-bond acceptors (Lipinski definition) is 4. The number of oxazole rings is 1. The lowest BCUT2D eigenvalue weighted by molar-refractivity contribution is -0.119. The highest BCUT2D eigenvalue weighted by atomic mass is 32.1. The molecular weight excluding hydrogens is 358 g/mol. The summed E-state index contributed by atoms with van der Waals surface area (Å²) >= 11 is 5.27. The Labute approximate surface area is 164 Å². The van der Waals surface area contributed by atoms with E-state index in [-0.39, 0.29) is 5.91 Å². The summed E-state index contributed by atoms with van der Waals surface area (Å²) in [6.07, 6.45) is 2.29. The van der Waals surface area contributed by atoms with Crippen LogP contribution in [-0.4, -0.2) is 16.0 Å². The molecule has 2 aromatic carbocycles. The van der Waals surface area contributed by atoms with Gasteiger partial charge in [0.2, 0.25) is 11.8 Å². The fourth-order valence-corrected chi connectivity index (χ4v) is 2.95. The SMILES string of the molecule is CCCCC(=O)NC(=S)Nc1cc(-c2nc3cc(C)ccc3o2)ccc1C. The number of hydrogen-bond donors (Lipinski definition) is 2. The van der Waals surface area contributed by atoms with Crippen LogP contribution in [0.2, 0.25) is 0 Å². The summed E-state index contributed by atoms with van der Waals surface area (Å²) in [7, 11) is 0. The molecule has 3 rings (SSSR count). The Hall–Kier alpha value is -2.73. The van der Waals surface area contributed by atoms with Gasteiger partial charge >= 0.3 is 0 Å². The van der Waals surface area contributed by atoms with E-state index < -0.39 is 0 Å². The number of amides is 1. The summed E-state index contributed by atoms with van der Waals surface area (Å²) in [6, 6.07) is 11.8. The zero-order chi connectivity index (χ0) is 19.4. The van der Waals surface area contributed by atoms with Crippen LogP contribution >= 0.6 is 12.2 Å². The van der Waals surface area contributed by atoms with E-state index in [9.17, 15) is 4.79 Å². The highest BCUT2D eigenvalue weighted by molar-refractivity contribution is 7.80. The number of nitrogens with zero attached hydrogens (tertiary/aromatic N) is 1. The highest BCUT2D eigenvalue weighted by Gasteiger charge is 2.11. The second-order valence-electron chi connectivity index (χ2n) is 6.63. The van der Waals surface area contributed by atoms with Gasteiger partial charge in [0.15, 0.2) is 10.7 Å². The van der Waals surface area contributed by atoms with Crippen LogP contribution in [0.4, 0.5) is 5.69 Å².